The fourth-order valence-corrected chi connectivity index (χ4v) is 5.75. The lowest BCUT2D eigenvalue weighted by Gasteiger charge is -2.34. The first kappa shape index (κ1) is 27.0. The van der Waals surface area contributed by atoms with Crippen molar-refractivity contribution in [2.75, 3.05) is 68.6 Å². The van der Waals surface area contributed by atoms with Crippen LogP contribution in [0, 0.1) is 0 Å². The van der Waals surface area contributed by atoms with Crippen LogP contribution in [0.25, 0.3) is 16.9 Å². The lowest BCUT2D eigenvalue weighted by atomic mass is 10.2. The molecule has 222 valence electrons. The van der Waals surface area contributed by atoms with Gasteiger partial charge in [0, 0.05) is 44.6 Å². The maximum atomic E-state index is 13.6. The molecule has 1 saturated heterocycles. The molecule has 1 fully saturated rings. The number of hydrogen-bond donors (Lipinski definition) is 1. The number of anilines is 4. The van der Waals surface area contributed by atoms with Crippen molar-refractivity contribution >= 4 is 40.1 Å². The average molecular weight is 584 g/mol. The van der Waals surface area contributed by atoms with Crippen LogP contribution >= 0.6 is 0 Å². The zero-order valence-corrected chi connectivity index (χ0v) is 24.2. The molecule has 0 atom stereocenters. The number of nitrogens with zero attached hydrogens (tertiary/aromatic N) is 8. The number of carbonyl (C=O) groups excluding carboxylic acids is 1. The number of amides is 1. The molecule has 3 aromatic heterocycles. The number of nitrogens with one attached hydrogen (secondary N) is 1. The first-order chi connectivity index (χ1) is 21.0. The highest BCUT2D eigenvalue weighted by molar-refractivity contribution is 5.96. The summed E-state index contributed by atoms with van der Waals surface area (Å²) in [5, 5.41) is 3.69. The number of likely N-dealkylation sites (N-methyl/N-ethyl adjacent to an activating group) is 1. The molecule has 0 unspecified atom stereocenters. The second-order valence-corrected chi connectivity index (χ2v) is 10.9. The SMILES string of the molecule is COc1ccc(Nc2ncc3c(=O)n4n(c3n2)-c2ccc3c(n2)N(CCC/C=C\C4)C(=O)CO3)cc1N1CCN(C)CC1. The van der Waals surface area contributed by atoms with Crippen LogP contribution in [0.5, 0.6) is 11.5 Å². The van der Waals surface area contributed by atoms with E-state index in [0.717, 1.165) is 56.1 Å². The quantitative estimate of drug-likeness (QED) is 0.359. The van der Waals surface area contributed by atoms with Gasteiger partial charge >= 0.3 is 0 Å². The Hall–Kier alpha value is -4.91. The molecule has 1 amide bonds. The van der Waals surface area contributed by atoms with E-state index in [9.17, 15) is 9.59 Å². The summed E-state index contributed by atoms with van der Waals surface area (Å²) in [4.78, 5) is 46.7. The standard InChI is InChI=1S/C30H33N9O4/c1-35-13-15-36(16-14-35)22-17-20(7-8-23(22)42-2)32-30-31-18-21-27(34-30)39-25-10-9-24-28(33-25)37(26(40)19-43-24)11-5-3-4-6-12-38(39)29(21)41/h4,6-10,17-18H,3,5,11-16,19H2,1-2H3,(H,31,32,34)/b6-4-. The van der Waals surface area contributed by atoms with Crippen LogP contribution in [0.1, 0.15) is 12.8 Å². The molecule has 13 heteroatoms. The van der Waals surface area contributed by atoms with Gasteiger partial charge in [-0.05, 0) is 50.2 Å². The summed E-state index contributed by atoms with van der Waals surface area (Å²) in [6.45, 7) is 4.58. The highest BCUT2D eigenvalue weighted by atomic mass is 16.5. The predicted octanol–water partition coefficient (Wildman–Crippen LogP) is 2.56. The van der Waals surface area contributed by atoms with Crippen LogP contribution in [0.15, 0.2) is 53.5 Å². The van der Waals surface area contributed by atoms with Crippen LogP contribution in [-0.4, -0.2) is 88.6 Å². The third kappa shape index (κ3) is 4.95. The Morgan fingerprint density at radius 1 is 1.00 bits per heavy atom. The van der Waals surface area contributed by atoms with E-state index in [1.807, 2.05) is 30.4 Å². The normalized spacial score (nSPS) is 18.0. The Morgan fingerprint density at radius 3 is 2.70 bits per heavy atom. The summed E-state index contributed by atoms with van der Waals surface area (Å²) in [5.41, 5.74) is 1.97. The van der Waals surface area contributed by atoms with Crippen molar-refractivity contribution in [1.82, 2.24) is 29.2 Å². The molecule has 1 N–H and O–H groups in total. The second-order valence-electron chi connectivity index (χ2n) is 10.9. The van der Waals surface area contributed by atoms with Gasteiger partial charge in [0.15, 0.2) is 29.6 Å². The number of ether oxygens (including phenoxy) is 2. The van der Waals surface area contributed by atoms with E-state index in [1.165, 1.54) is 0 Å². The summed E-state index contributed by atoms with van der Waals surface area (Å²) in [7, 11) is 3.80. The van der Waals surface area contributed by atoms with E-state index >= 15 is 0 Å². The Bertz CT molecular complexity index is 1790. The van der Waals surface area contributed by atoms with Gasteiger partial charge in [-0.2, -0.15) is 4.98 Å². The number of carbonyl (C=O) groups is 1. The third-order valence-corrected chi connectivity index (χ3v) is 8.10. The van der Waals surface area contributed by atoms with Gasteiger partial charge < -0.3 is 24.6 Å². The van der Waals surface area contributed by atoms with Gasteiger partial charge in [0.25, 0.3) is 11.5 Å². The van der Waals surface area contributed by atoms with Crippen LogP contribution in [0.3, 0.4) is 0 Å². The third-order valence-electron chi connectivity index (χ3n) is 8.10. The molecule has 43 heavy (non-hydrogen) atoms. The Labute approximate surface area is 247 Å². The number of pyridine rings is 1. The summed E-state index contributed by atoms with van der Waals surface area (Å²) in [5.74, 6) is 2.43. The lowest BCUT2D eigenvalue weighted by Crippen LogP contribution is -2.44. The van der Waals surface area contributed by atoms with E-state index in [-0.39, 0.29) is 18.1 Å². The first-order valence-corrected chi connectivity index (χ1v) is 14.5. The smallest absolute Gasteiger partial charge is 0.278 e. The van der Waals surface area contributed by atoms with E-state index in [0.29, 0.717) is 47.5 Å². The first-order valence-electron chi connectivity index (χ1n) is 14.5. The maximum Gasteiger partial charge on any atom is 0.278 e. The van der Waals surface area contributed by atoms with Crippen molar-refractivity contribution in [1.29, 1.82) is 0 Å². The number of hydrogen-bond acceptors (Lipinski definition) is 10. The largest absolute Gasteiger partial charge is 0.495 e. The number of fused-ring (bicyclic) bond motifs is 5. The Morgan fingerprint density at radius 2 is 1.86 bits per heavy atom. The molecule has 3 aliphatic rings. The second kappa shape index (κ2) is 11.1. The zero-order chi connectivity index (χ0) is 29.5. The number of rotatable bonds is 4. The molecular weight excluding hydrogens is 550 g/mol. The van der Waals surface area contributed by atoms with Gasteiger partial charge in [-0.3, -0.25) is 14.5 Å². The van der Waals surface area contributed by atoms with Crippen LogP contribution in [-0.2, 0) is 11.3 Å². The molecular formula is C30H33N9O4. The summed E-state index contributed by atoms with van der Waals surface area (Å²) in [6, 6.07) is 9.46. The van der Waals surface area contributed by atoms with Gasteiger partial charge in [-0.15, -0.1) is 0 Å². The fraction of sp³-hybridized carbons (Fsp3) is 0.367. The molecule has 0 aliphatic carbocycles. The van der Waals surface area contributed by atoms with Crippen molar-refractivity contribution in [3.8, 4) is 17.3 Å². The Kier molecular flexibility index (Phi) is 6.93. The summed E-state index contributed by atoms with van der Waals surface area (Å²) >= 11 is 0. The predicted molar refractivity (Wildman–Crippen MR) is 163 cm³/mol. The van der Waals surface area contributed by atoms with Crippen LogP contribution in [0.2, 0.25) is 0 Å². The van der Waals surface area contributed by atoms with Crippen molar-refractivity contribution < 1.29 is 14.3 Å². The molecule has 3 aliphatic heterocycles. The van der Waals surface area contributed by atoms with Crippen LogP contribution < -0.4 is 30.1 Å². The fourth-order valence-electron chi connectivity index (χ4n) is 5.75. The highest BCUT2D eigenvalue weighted by Gasteiger charge is 2.28. The monoisotopic (exact) mass is 583 g/mol. The van der Waals surface area contributed by atoms with Gasteiger partial charge in [0.05, 0.1) is 19.3 Å². The highest BCUT2D eigenvalue weighted by Crippen LogP contribution is 2.34. The molecule has 1 aromatic carbocycles. The number of piperazine rings is 1. The topological polar surface area (TPSA) is 123 Å². The molecule has 7 rings (SSSR count). The minimum Gasteiger partial charge on any atom is -0.495 e. The van der Waals surface area contributed by atoms with Gasteiger partial charge in [-0.1, -0.05) is 12.2 Å². The number of aromatic nitrogens is 5. The Balaban J connectivity index is 1.30. The number of benzene rings is 1. The van der Waals surface area contributed by atoms with E-state index in [2.05, 4.69) is 27.1 Å². The van der Waals surface area contributed by atoms with E-state index < -0.39 is 0 Å². The number of allylic oxidation sites excluding steroid dienone is 2. The molecule has 13 nitrogen and oxygen atoms in total. The molecule has 2 bridgehead atoms. The van der Waals surface area contributed by atoms with Crippen LogP contribution in [0.4, 0.5) is 23.1 Å². The summed E-state index contributed by atoms with van der Waals surface area (Å²) < 4.78 is 14.6. The van der Waals surface area contributed by atoms with Crippen molar-refractivity contribution in [2.45, 2.75) is 19.4 Å². The summed E-state index contributed by atoms with van der Waals surface area (Å²) in [6.07, 6.45) is 7.07. The maximum absolute atomic E-state index is 13.6. The molecule has 4 aromatic rings. The minimum absolute atomic E-state index is 0.0227. The minimum atomic E-state index is -0.228. The van der Waals surface area contributed by atoms with E-state index in [1.54, 1.807) is 39.7 Å². The average Bonchev–Trinajstić information content (AvgIpc) is 3.29. The van der Waals surface area contributed by atoms with Gasteiger partial charge in [0.1, 0.15) is 11.1 Å². The van der Waals surface area contributed by atoms with E-state index in [4.69, 9.17) is 19.4 Å². The van der Waals surface area contributed by atoms with Gasteiger partial charge in [0.2, 0.25) is 5.95 Å². The van der Waals surface area contributed by atoms with Gasteiger partial charge in [-0.25, -0.2) is 19.3 Å². The molecule has 6 heterocycles. The van der Waals surface area contributed by atoms with Crippen molar-refractivity contribution in [2.24, 2.45) is 0 Å². The number of methoxy groups -OCH3 is 1. The molecule has 0 spiro atoms. The zero-order valence-electron chi connectivity index (χ0n) is 24.2. The lowest BCUT2D eigenvalue weighted by molar-refractivity contribution is -0.121. The van der Waals surface area contributed by atoms with Crippen molar-refractivity contribution in [3.05, 3.63) is 59.0 Å². The molecule has 0 radical (unpaired) electrons. The van der Waals surface area contributed by atoms with Crippen molar-refractivity contribution in [3.63, 3.8) is 0 Å². The molecule has 0 saturated carbocycles.